The molecule has 0 bridgehead atoms. The van der Waals surface area contributed by atoms with Crippen molar-refractivity contribution in [1.29, 1.82) is 0 Å². The third-order valence-corrected chi connectivity index (χ3v) is 0.553. The van der Waals surface area contributed by atoms with Gasteiger partial charge in [-0.3, -0.25) is 9.59 Å². The first-order chi connectivity index (χ1) is 3.63. The van der Waals surface area contributed by atoms with Gasteiger partial charge in [-0.15, -0.1) is 0 Å². The van der Waals surface area contributed by atoms with Gasteiger partial charge >= 0.3 is 71.1 Å². The van der Waals surface area contributed by atoms with Crippen LogP contribution in [0.2, 0.25) is 0 Å². The van der Waals surface area contributed by atoms with Gasteiger partial charge in [0.15, 0.2) is 0 Å². The maximum absolute atomic E-state index is 9.64. The Balaban J connectivity index is -0.0000000117. The molecule has 0 amide bonds. The molecule has 0 aromatic rings. The van der Waals surface area contributed by atoms with E-state index in [-0.39, 0.29) is 91.2 Å². The third-order valence-electron chi connectivity index (χ3n) is 0.553. The van der Waals surface area contributed by atoms with Gasteiger partial charge in [-0.05, 0) is 0 Å². The molecule has 0 aliphatic rings. The molecule has 8 N–H and O–H groups in total. The van der Waals surface area contributed by atoms with Crippen molar-refractivity contribution in [1.82, 2.24) is 0 Å². The molecule has 0 aromatic heterocycles. The molecule has 74 valence electrons. The average Bonchev–Trinajstić information content (AvgIpc) is 1.61. The zero-order chi connectivity index (χ0) is 6.57. The Morgan fingerprint density at radius 1 is 0.846 bits per heavy atom. The van der Waals surface area contributed by atoms with E-state index in [0.717, 1.165) is 0 Å². The van der Waals surface area contributed by atoms with Gasteiger partial charge in [0.2, 0.25) is 0 Å². The Kier molecular flexibility index (Phi) is 65.8. The van der Waals surface area contributed by atoms with Crippen molar-refractivity contribution in [3.8, 4) is 0 Å². The molecule has 13 heavy (non-hydrogen) atoms. The van der Waals surface area contributed by atoms with Crippen molar-refractivity contribution >= 4 is 11.9 Å². The summed E-state index contributed by atoms with van der Waals surface area (Å²) in [6.07, 6.45) is -0.593. The molecule has 0 radical (unpaired) electrons. The first-order valence-electron chi connectivity index (χ1n) is 2.06. The van der Waals surface area contributed by atoms with Crippen molar-refractivity contribution in [3.05, 3.63) is 0 Å². The molecule has 0 spiro atoms. The second-order valence-corrected chi connectivity index (χ2v) is 1.29. The minimum Gasteiger partial charge on any atom is -1.00 e. The summed E-state index contributed by atoms with van der Waals surface area (Å²) in [5, 5.41) is 15.8. The van der Waals surface area contributed by atoms with Gasteiger partial charge in [0.05, 0.1) is 12.8 Å². The SMILES string of the molecule is O.O.O.O=C(O)CCC(=O)O.[H-].[H-].[Na+].[Na+]. The van der Waals surface area contributed by atoms with Crippen LogP contribution in [0.25, 0.3) is 0 Å². The topological polar surface area (TPSA) is 169 Å². The normalized spacial score (nSPS) is 5.23. The molecule has 9 heteroatoms. The van der Waals surface area contributed by atoms with Crippen LogP contribution in [0.3, 0.4) is 0 Å². The van der Waals surface area contributed by atoms with Gasteiger partial charge in [-0.2, -0.15) is 0 Å². The van der Waals surface area contributed by atoms with Crippen LogP contribution in [-0.2, 0) is 9.59 Å². The summed E-state index contributed by atoms with van der Waals surface area (Å²) < 4.78 is 0. The minimum absolute atomic E-state index is 0. The van der Waals surface area contributed by atoms with E-state index < -0.39 is 11.9 Å². The molecule has 0 saturated heterocycles. The van der Waals surface area contributed by atoms with Gasteiger partial charge in [0.1, 0.15) is 0 Å². The van der Waals surface area contributed by atoms with E-state index >= 15 is 0 Å². The standard InChI is InChI=1S/C4H6O4.2Na.3H2O.2H/c5-3(6)1-2-4(7)8;;;;;;;/h1-2H2,(H,5,6)(H,7,8);;;3*1H2;;/q;2*+1;;;;2*-1. The molecular weight excluding hydrogens is 206 g/mol. The largest absolute Gasteiger partial charge is 1.00 e. The van der Waals surface area contributed by atoms with Crippen LogP contribution in [-0.4, -0.2) is 38.6 Å². The summed E-state index contributed by atoms with van der Waals surface area (Å²) in [6, 6.07) is 0. The van der Waals surface area contributed by atoms with E-state index in [4.69, 9.17) is 10.2 Å². The van der Waals surface area contributed by atoms with E-state index in [1.165, 1.54) is 0 Å². The molecule has 0 unspecified atom stereocenters. The zero-order valence-corrected chi connectivity index (χ0v) is 11.6. The molecule has 0 saturated carbocycles. The van der Waals surface area contributed by atoms with Crippen LogP contribution in [0.1, 0.15) is 15.7 Å². The van der Waals surface area contributed by atoms with Gasteiger partial charge in [-0.1, -0.05) is 0 Å². The molecule has 7 nitrogen and oxygen atoms in total. The van der Waals surface area contributed by atoms with Crippen LogP contribution >= 0.6 is 0 Å². The molecule has 0 heterocycles. The third kappa shape index (κ3) is 44.3. The van der Waals surface area contributed by atoms with Crippen LogP contribution in [0.5, 0.6) is 0 Å². The summed E-state index contributed by atoms with van der Waals surface area (Å²) in [4.78, 5) is 19.3. The van der Waals surface area contributed by atoms with Crippen LogP contribution in [0, 0.1) is 0 Å². The van der Waals surface area contributed by atoms with E-state index in [1.807, 2.05) is 0 Å². The number of rotatable bonds is 3. The van der Waals surface area contributed by atoms with Crippen LogP contribution in [0.15, 0.2) is 0 Å². The van der Waals surface area contributed by atoms with Crippen LogP contribution < -0.4 is 59.1 Å². The minimum atomic E-state index is -1.08. The Hall–Kier alpha value is 0.820. The van der Waals surface area contributed by atoms with E-state index in [2.05, 4.69) is 0 Å². The fourth-order valence-corrected chi connectivity index (χ4v) is 0.214. The summed E-state index contributed by atoms with van der Waals surface area (Å²) >= 11 is 0. The number of hydrogen-bond donors (Lipinski definition) is 2. The van der Waals surface area contributed by atoms with Gasteiger partial charge in [0, 0.05) is 0 Å². The van der Waals surface area contributed by atoms with E-state index in [0.29, 0.717) is 0 Å². The molecule has 0 rings (SSSR count). The van der Waals surface area contributed by atoms with Crippen molar-refractivity contribution in [3.63, 3.8) is 0 Å². The Bertz CT molecular complexity index is 112. The molecule has 0 atom stereocenters. The Labute approximate surface area is 122 Å². The smallest absolute Gasteiger partial charge is 1.00 e. The summed E-state index contributed by atoms with van der Waals surface area (Å²) in [5.41, 5.74) is 0. The van der Waals surface area contributed by atoms with Gasteiger partial charge in [0.25, 0.3) is 0 Å². The van der Waals surface area contributed by atoms with E-state index in [9.17, 15) is 9.59 Å². The fraction of sp³-hybridized carbons (Fsp3) is 0.500. The average molecular weight is 220 g/mol. The predicted octanol–water partition coefficient (Wildman–Crippen LogP) is -8.31. The molecule has 0 fully saturated rings. The van der Waals surface area contributed by atoms with Gasteiger partial charge in [-0.25, -0.2) is 0 Å². The zero-order valence-electron chi connectivity index (χ0n) is 9.63. The van der Waals surface area contributed by atoms with Crippen LogP contribution in [0.4, 0.5) is 0 Å². The molecule has 0 aliphatic heterocycles. The van der Waals surface area contributed by atoms with E-state index in [1.54, 1.807) is 0 Å². The number of aliphatic carboxylic acids is 2. The van der Waals surface area contributed by atoms with Crippen molar-refractivity contribution in [2.45, 2.75) is 12.8 Å². The molecule has 0 aromatic carbocycles. The second-order valence-electron chi connectivity index (χ2n) is 1.29. The number of carboxylic acid groups (broad SMARTS) is 2. The predicted molar refractivity (Wildman–Crippen MR) is 37.6 cm³/mol. The number of carboxylic acids is 2. The first-order valence-corrected chi connectivity index (χ1v) is 2.06. The van der Waals surface area contributed by atoms with Crippen molar-refractivity contribution in [2.24, 2.45) is 0 Å². The van der Waals surface area contributed by atoms with Crippen molar-refractivity contribution < 1.29 is 98.2 Å². The number of carbonyl (C=O) groups is 2. The fourth-order valence-electron chi connectivity index (χ4n) is 0.214. The first kappa shape index (κ1) is 37.1. The summed E-state index contributed by atoms with van der Waals surface area (Å²) in [7, 11) is 0. The number of hydrogen-bond acceptors (Lipinski definition) is 2. The van der Waals surface area contributed by atoms with Gasteiger partial charge < -0.3 is 29.5 Å². The molecular formula is C4H14Na2O7. The second kappa shape index (κ2) is 23.0. The maximum atomic E-state index is 9.64. The monoisotopic (exact) mass is 220 g/mol. The summed E-state index contributed by atoms with van der Waals surface area (Å²) in [5.74, 6) is -2.15. The Morgan fingerprint density at radius 3 is 1.08 bits per heavy atom. The quantitative estimate of drug-likeness (QED) is 0.450. The summed E-state index contributed by atoms with van der Waals surface area (Å²) in [6.45, 7) is 0. The van der Waals surface area contributed by atoms with Crippen molar-refractivity contribution in [2.75, 3.05) is 0 Å². The molecule has 0 aliphatic carbocycles. The Morgan fingerprint density at radius 2 is 1.00 bits per heavy atom. The maximum Gasteiger partial charge on any atom is 1.00 e.